The predicted octanol–water partition coefficient (Wildman–Crippen LogP) is 3.66. The minimum absolute atomic E-state index is 0.226. The lowest BCUT2D eigenvalue weighted by Crippen LogP contribution is -2.67. The molecule has 4 nitrogen and oxygen atoms in total. The molecule has 1 aromatic heterocycles. The van der Waals surface area contributed by atoms with E-state index in [9.17, 15) is 5.11 Å². The number of unbranched alkanes of at least 4 members (excludes halogenated alkanes) is 1. The average Bonchev–Trinajstić information content (AvgIpc) is 2.76. The topological polar surface area (TPSA) is 39.6 Å². The molecule has 2 fully saturated rings. The minimum atomic E-state index is 0.226. The van der Waals surface area contributed by atoms with Crippen molar-refractivity contribution in [3.63, 3.8) is 0 Å². The number of aliphatic hydroxyl groups excluding tert-OH is 1. The molecule has 4 rings (SSSR count). The molecule has 30 heavy (non-hydrogen) atoms. The average molecular weight is 404 g/mol. The number of hydrogen-bond acceptors (Lipinski definition) is 4. The highest BCUT2D eigenvalue weighted by molar-refractivity contribution is 5.39. The van der Waals surface area contributed by atoms with Gasteiger partial charge in [0.15, 0.2) is 0 Å². The van der Waals surface area contributed by atoms with Crippen molar-refractivity contribution in [2.75, 3.05) is 26.2 Å². The number of benzene rings is 1. The summed E-state index contributed by atoms with van der Waals surface area (Å²) < 4.78 is 0. The molecule has 0 amide bonds. The first-order chi connectivity index (χ1) is 14.8. The molecule has 3 heterocycles. The highest BCUT2D eigenvalue weighted by atomic mass is 16.3. The Hall–Kier alpha value is -2.19. The second-order valence-electron chi connectivity index (χ2n) is 8.55. The summed E-state index contributed by atoms with van der Waals surface area (Å²) in [5.41, 5.74) is 3.74. The molecule has 0 unspecified atom stereocenters. The highest BCUT2D eigenvalue weighted by Gasteiger charge is 2.48. The van der Waals surface area contributed by atoms with Gasteiger partial charge in [-0.15, -0.1) is 0 Å². The van der Waals surface area contributed by atoms with Gasteiger partial charge in [-0.3, -0.25) is 14.8 Å². The standard InChI is InChI=1S/C26H33N3O/c1-2-3-4-7-21-8-10-23(11-9-21)26-24-19-28(18-22-12-14-27-15-13-22)16-5-6-17-29(24)25(26)20-30/h8-15,24-26,30H,2-3,5-6,16-20H2,1H3/t24-,25-,26-/m0/s1. The van der Waals surface area contributed by atoms with Gasteiger partial charge in [0, 0.05) is 55.5 Å². The number of aliphatic hydroxyl groups is 1. The fourth-order valence-electron chi connectivity index (χ4n) is 4.98. The quantitative estimate of drug-likeness (QED) is 0.774. The Morgan fingerprint density at radius 3 is 2.57 bits per heavy atom. The largest absolute Gasteiger partial charge is 0.395 e. The second kappa shape index (κ2) is 10.2. The molecule has 2 aliphatic rings. The van der Waals surface area contributed by atoms with Crippen LogP contribution < -0.4 is 0 Å². The van der Waals surface area contributed by atoms with Crippen LogP contribution in [0.15, 0.2) is 48.8 Å². The summed E-state index contributed by atoms with van der Waals surface area (Å²) in [4.78, 5) is 9.27. The predicted molar refractivity (Wildman–Crippen MR) is 121 cm³/mol. The molecule has 1 N–H and O–H groups in total. The maximum Gasteiger partial charge on any atom is 0.0593 e. The Kier molecular flexibility index (Phi) is 7.17. The van der Waals surface area contributed by atoms with E-state index in [0.29, 0.717) is 12.0 Å². The van der Waals surface area contributed by atoms with Crippen molar-refractivity contribution < 1.29 is 5.11 Å². The molecular formula is C26H33N3O. The van der Waals surface area contributed by atoms with Gasteiger partial charge >= 0.3 is 0 Å². The van der Waals surface area contributed by atoms with Crippen LogP contribution >= 0.6 is 0 Å². The molecular weight excluding hydrogens is 370 g/mol. The van der Waals surface area contributed by atoms with E-state index in [4.69, 9.17) is 0 Å². The lowest BCUT2D eigenvalue weighted by Gasteiger charge is -2.57. The zero-order valence-corrected chi connectivity index (χ0v) is 18.0. The minimum Gasteiger partial charge on any atom is -0.395 e. The summed E-state index contributed by atoms with van der Waals surface area (Å²) in [6.07, 6.45) is 8.20. The fraction of sp³-hybridized carbons (Fsp3) is 0.500. The number of aromatic nitrogens is 1. The summed E-state index contributed by atoms with van der Waals surface area (Å²) in [6, 6.07) is 13.7. The molecule has 1 aromatic carbocycles. The third-order valence-electron chi connectivity index (χ3n) is 6.51. The molecule has 0 aliphatic carbocycles. The molecule has 0 saturated carbocycles. The first-order valence-electron chi connectivity index (χ1n) is 11.4. The first kappa shape index (κ1) is 21.1. The zero-order valence-electron chi connectivity index (χ0n) is 18.0. The number of pyridine rings is 1. The maximum absolute atomic E-state index is 10.1. The Morgan fingerprint density at radius 2 is 1.83 bits per heavy atom. The van der Waals surface area contributed by atoms with Crippen molar-refractivity contribution in [2.45, 2.75) is 57.2 Å². The van der Waals surface area contributed by atoms with Crippen LogP contribution in [-0.2, 0) is 6.54 Å². The molecule has 2 aromatic rings. The van der Waals surface area contributed by atoms with Crippen molar-refractivity contribution in [1.29, 1.82) is 0 Å². The van der Waals surface area contributed by atoms with Crippen molar-refractivity contribution in [1.82, 2.24) is 14.8 Å². The smallest absolute Gasteiger partial charge is 0.0593 e. The maximum atomic E-state index is 10.1. The van der Waals surface area contributed by atoms with Gasteiger partial charge in [0.1, 0.15) is 0 Å². The third kappa shape index (κ3) is 4.75. The number of nitrogens with zero attached hydrogens (tertiary/aromatic N) is 3. The SMILES string of the molecule is CCCC#Cc1ccc([C@@H]2[C@H](CO)N3CCCCN(Cc4ccncc4)C[C@@H]23)cc1. The van der Waals surface area contributed by atoms with E-state index >= 15 is 0 Å². The van der Waals surface area contributed by atoms with Gasteiger partial charge < -0.3 is 5.11 Å². The molecule has 4 heteroatoms. The van der Waals surface area contributed by atoms with Crippen LogP contribution in [0.25, 0.3) is 0 Å². The van der Waals surface area contributed by atoms with E-state index < -0.39 is 0 Å². The van der Waals surface area contributed by atoms with E-state index in [1.807, 2.05) is 12.4 Å². The van der Waals surface area contributed by atoms with Crippen LogP contribution in [0, 0.1) is 11.8 Å². The van der Waals surface area contributed by atoms with Crippen LogP contribution in [-0.4, -0.2) is 58.2 Å². The third-order valence-corrected chi connectivity index (χ3v) is 6.51. The van der Waals surface area contributed by atoms with E-state index in [1.165, 1.54) is 24.0 Å². The van der Waals surface area contributed by atoms with Crippen molar-refractivity contribution >= 4 is 0 Å². The number of rotatable bonds is 5. The molecule has 3 atom stereocenters. The van der Waals surface area contributed by atoms with E-state index in [2.05, 4.69) is 69.9 Å². The summed E-state index contributed by atoms with van der Waals surface area (Å²) in [5.74, 6) is 6.87. The summed E-state index contributed by atoms with van der Waals surface area (Å²) in [7, 11) is 0. The molecule has 0 spiro atoms. The van der Waals surface area contributed by atoms with Gasteiger partial charge in [-0.1, -0.05) is 30.9 Å². The van der Waals surface area contributed by atoms with Gasteiger partial charge in [0.2, 0.25) is 0 Å². The van der Waals surface area contributed by atoms with Crippen molar-refractivity contribution in [2.24, 2.45) is 0 Å². The second-order valence-corrected chi connectivity index (χ2v) is 8.55. The summed E-state index contributed by atoms with van der Waals surface area (Å²) in [6.45, 7) is 6.62. The van der Waals surface area contributed by atoms with Gasteiger partial charge in [-0.2, -0.15) is 0 Å². The normalized spacial score (nSPS) is 24.7. The molecule has 2 saturated heterocycles. The van der Waals surface area contributed by atoms with Crippen LogP contribution in [0.1, 0.15) is 55.2 Å². The monoisotopic (exact) mass is 403 g/mol. The van der Waals surface area contributed by atoms with Gasteiger partial charge in [-0.25, -0.2) is 0 Å². The lowest BCUT2D eigenvalue weighted by molar-refractivity contribution is -0.0655. The van der Waals surface area contributed by atoms with Crippen LogP contribution in [0.4, 0.5) is 0 Å². The number of fused-ring (bicyclic) bond motifs is 1. The Labute approximate surface area is 180 Å². The molecule has 2 aliphatic heterocycles. The summed E-state index contributed by atoms with van der Waals surface area (Å²) in [5, 5.41) is 10.1. The van der Waals surface area contributed by atoms with Crippen LogP contribution in [0.3, 0.4) is 0 Å². The lowest BCUT2D eigenvalue weighted by atomic mass is 9.74. The zero-order chi connectivity index (χ0) is 20.8. The molecule has 158 valence electrons. The molecule has 0 bridgehead atoms. The highest BCUT2D eigenvalue weighted by Crippen LogP contribution is 2.42. The van der Waals surface area contributed by atoms with Gasteiger partial charge in [0.25, 0.3) is 0 Å². The Morgan fingerprint density at radius 1 is 1.07 bits per heavy atom. The van der Waals surface area contributed by atoms with Crippen molar-refractivity contribution in [3.8, 4) is 11.8 Å². The van der Waals surface area contributed by atoms with Gasteiger partial charge in [-0.05, 0) is 67.7 Å². The Bertz CT molecular complexity index is 855. The van der Waals surface area contributed by atoms with Crippen LogP contribution in [0.2, 0.25) is 0 Å². The Balaban J connectivity index is 1.50. The fourth-order valence-corrected chi connectivity index (χ4v) is 4.98. The number of hydrogen-bond donors (Lipinski definition) is 1. The first-order valence-corrected chi connectivity index (χ1v) is 11.4. The van der Waals surface area contributed by atoms with Crippen LogP contribution in [0.5, 0.6) is 0 Å². The van der Waals surface area contributed by atoms with E-state index in [-0.39, 0.29) is 12.6 Å². The molecule has 0 radical (unpaired) electrons. The van der Waals surface area contributed by atoms with Crippen molar-refractivity contribution in [3.05, 3.63) is 65.5 Å². The van der Waals surface area contributed by atoms with E-state index in [1.54, 1.807) is 0 Å². The van der Waals surface area contributed by atoms with Gasteiger partial charge in [0.05, 0.1) is 6.61 Å². The summed E-state index contributed by atoms with van der Waals surface area (Å²) >= 11 is 0. The van der Waals surface area contributed by atoms with E-state index in [0.717, 1.165) is 44.6 Å².